The third-order valence-corrected chi connectivity index (χ3v) is 2.76. The van der Waals surface area contributed by atoms with Crippen LogP contribution >= 0.6 is 0 Å². The van der Waals surface area contributed by atoms with Crippen molar-refractivity contribution >= 4 is 0 Å². The van der Waals surface area contributed by atoms with Crippen molar-refractivity contribution in [1.29, 1.82) is 0 Å². The van der Waals surface area contributed by atoms with Crippen LogP contribution in [0.5, 0.6) is 0 Å². The van der Waals surface area contributed by atoms with Gasteiger partial charge >= 0.3 is 0 Å². The Kier molecular flexibility index (Phi) is 8.20. The van der Waals surface area contributed by atoms with Gasteiger partial charge in [0.1, 0.15) is 0 Å². The van der Waals surface area contributed by atoms with Gasteiger partial charge in [-0.15, -0.1) is 0 Å². The summed E-state index contributed by atoms with van der Waals surface area (Å²) in [4.78, 5) is 0. The molecular weight excluding hydrogens is 174 g/mol. The smallest absolute Gasteiger partial charge is 0.0662 e. The molecule has 0 radical (unpaired) electrons. The second-order valence-electron chi connectivity index (χ2n) is 4.45. The Morgan fingerprint density at radius 2 is 1.71 bits per heavy atom. The van der Waals surface area contributed by atoms with Crippen LogP contribution in [0.15, 0.2) is 0 Å². The molecule has 0 rings (SSSR count). The van der Waals surface area contributed by atoms with Crippen LogP contribution in [0, 0.1) is 0 Å². The molecule has 0 heterocycles. The van der Waals surface area contributed by atoms with Gasteiger partial charge in [0.15, 0.2) is 0 Å². The second-order valence-corrected chi connectivity index (χ2v) is 4.45. The number of aliphatic hydroxyl groups excluding tert-OH is 1. The molecule has 0 saturated carbocycles. The van der Waals surface area contributed by atoms with Crippen LogP contribution in [0.1, 0.15) is 59.8 Å². The van der Waals surface area contributed by atoms with E-state index in [0.29, 0.717) is 6.04 Å². The molecular formula is C12H27NO. The molecule has 0 aliphatic rings. The van der Waals surface area contributed by atoms with Crippen molar-refractivity contribution in [3.63, 3.8) is 0 Å². The van der Waals surface area contributed by atoms with Crippen LogP contribution in [0.3, 0.4) is 0 Å². The van der Waals surface area contributed by atoms with Crippen LogP contribution in [0.25, 0.3) is 0 Å². The van der Waals surface area contributed by atoms with Gasteiger partial charge in [0, 0.05) is 12.1 Å². The molecule has 0 spiro atoms. The number of aliphatic hydroxyl groups is 1. The fourth-order valence-electron chi connectivity index (χ4n) is 1.55. The van der Waals surface area contributed by atoms with E-state index in [1.54, 1.807) is 0 Å². The Morgan fingerprint density at radius 1 is 1.07 bits per heavy atom. The second kappa shape index (κ2) is 8.25. The lowest BCUT2D eigenvalue weighted by atomic mass is 10.1. The number of rotatable bonds is 8. The quantitative estimate of drug-likeness (QED) is 0.592. The molecule has 0 amide bonds. The molecule has 0 aromatic rings. The maximum absolute atomic E-state index is 9.32. The minimum Gasteiger partial charge on any atom is -0.392 e. The molecule has 0 bridgehead atoms. The zero-order valence-electron chi connectivity index (χ0n) is 10.2. The molecule has 3 atom stereocenters. The summed E-state index contributed by atoms with van der Waals surface area (Å²) in [7, 11) is 0. The van der Waals surface area contributed by atoms with Crippen LogP contribution in [0.2, 0.25) is 0 Å². The van der Waals surface area contributed by atoms with Crippen molar-refractivity contribution in [2.45, 2.75) is 78.0 Å². The maximum Gasteiger partial charge on any atom is 0.0662 e. The van der Waals surface area contributed by atoms with Gasteiger partial charge < -0.3 is 10.4 Å². The topological polar surface area (TPSA) is 32.3 Å². The molecule has 0 saturated heterocycles. The molecule has 2 heteroatoms. The summed E-state index contributed by atoms with van der Waals surface area (Å²) in [6.45, 7) is 8.30. The average molecular weight is 201 g/mol. The lowest BCUT2D eigenvalue weighted by Crippen LogP contribution is -2.41. The summed E-state index contributed by atoms with van der Waals surface area (Å²) in [5, 5.41) is 12.7. The molecule has 0 fully saturated rings. The zero-order chi connectivity index (χ0) is 11.0. The summed E-state index contributed by atoms with van der Waals surface area (Å²) in [5.74, 6) is 0. The first kappa shape index (κ1) is 13.9. The van der Waals surface area contributed by atoms with E-state index < -0.39 is 0 Å². The first-order valence-electron chi connectivity index (χ1n) is 6.02. The lowest BCUT2D eigenvalue weighted by Gasteiger charge is -2.22. The maximum atomic E-state index is 9.32. The zero-order valence-corrected chi connectivity index (χ0v) is 10.2. The number of hydrogen-bond acceptors (Lipinski definition) is 2. The standard InChI is InChI=1S/C12H27NO/c1-5-6-7-8-9-10(2)13-11(3)12(4)14/h10-14H,5-9H2,1-4H3. The van der Waals surface area contributed by atoms with Crippen molar-refractivity contribution in [2.24, 2.45) is 0 Å². The molecule has 14 heavy (non-hydrogen) atoms. The molecule has 2 nitrogen and oxygen atoms in total. The van der Waals surface area contributed by atoms with E-state index in [1.807, 2.05) is 13.8 Å². The van der Waals surface area contributed by atoms with Crippen LogP contribution in [-0.2, 0) is 0 Å². The highest BCUT2D eigenvalue weighted by Crippen LogP contribution is 2.06. The van der Waals surface area contributed by atoms with Gasteiger partial charge in [0.25, 0.3) is 0 Å². The minimum atomic E-state index is -0.256. The van der Waals surface area contributed by atoms with Crippen LogP contribution < -0.4 is 5.32 Å². The van der Waals surface area contributed by atoms with Gasteiger partial charge in [-0.3, -0.25) is 0 Å². The molecule has 0 aromatic heterocycles. The fourth-order valence-corrected chi connectivity index (χ4v) is 1.55. The van der Waals surface area contributed by atoms with Gasteiger partial charge in [0.05, 0.1) is 6.10 Å². The predicted octanol–water partition coefficient (Wildman–Crippen LogP) is 2.70. The first-order valence-corrected chi connectivity index (χ1v) is 6.02. The van der Waals surface area contributed by atoms with Gasteiger partial charge in [0.2, 0.25) is 0 Å². The van der Waals surface area contributed by atoms with Crippen molar-refractivity contribution < 1.29 is 5.11 Å². The van der Waals surface area contributed by atoms with E-state index in [4.69, 9.17) is 0 Å². The molecule has 0 aliphatic carbocycles. The summed E-state index contributed by atoms with van der Waals surface area (Å²) >= 11 is 0. The molecule has 0 aliphatic heterocycles. The van der Waals surface area contributed by atoms with E-state index in [0.717, 1.165) is 0 Å². The van der Waals surface area contributed by atoms with Crippen molar-refractivity contribution in [2.75, 3.05) is 0 Å². The Bertz CT molecular complexity index is 125. The highest BCUT2D eigenvalue weighted by atomic mass is 16.3. The summed E-state index contributed by atoms with van der Waals surface area (Å²) < 4.78 is 0. The predicted molar refractivity (Wildman–Crippen MR) is 62.5 cm³/mol. The normalized spacial score (nSPS) is 17.8. The van der Waals surface area contributed by atoms with Crippen molar-refractivity contribution in [1.82, 2.24) is 5.32 Å². The van der Waals surface area contributed by atoms with E-state index in [2.05, 4.69) is 19.2 Å². The molecule has 2 N–H and O–H groups in total. The van der Waals surface area contributed by atoms with Gasteiger partial charge in [-0.05, 0) is 27.2 Å². The largest absolute Gasteiger partial charge is 0.392 e. The Balaban J connectivity index is 3.40. The van der Waals surface area contributed by atoms with Crippen molar-refractivity contribution in [3.8, 4) is 0 Å². The Morgan fingerprint density at radius 3 is 2.21 bits per heavy atom. The third kappa shape index (κ3) is 7.34. The number of nitrogens with one attached hydrogen (secondary N) is 1. The highest BCUT2D eigenvalue weighted by molar-refractivity contribution is 4.71. The Labute approximate surface area is 89.1 Å². The van der Waals surface area contributed by atoms with E-state index in [1.165, 1.54) is 32.1 Å². The lowest BCUT2D eigenvalue weighted by molar-refractivity contribution is 0.146. The molecule has 0 aromatic carbocycles. The summed E-state index contributed by atoms with van der Waals surface area (Å²) in [6.07, 6.45) is 6.25. The highest BCUT2D eigenvalue weighted by Gasteiger charge is 2.11. The molecule has 3 unspecified atom stereocenters. The fraction of sp³-hybridized carbons (Fsp3) is 1.00. The first-order chi connectivity index (χ1) is 6.57. The number of unbranched alkanes of at least 4 members (excludes halogenated alkanes) is 3. The van der Waals surface area contributed by atoms with Gasteiger partial charge in [-0.2, -0.15) is 0 Å². The van der Waals surface area contributed by atoms with Crippen molar-refractivity contribution in [3.05, 3.63) is 0 Å². The van der Waals surface area contributed by atoms with E-state index in [-0.39, 0.29) is 12.1 Å². The average Bonchev–Trinajstić information content (AvgIpc) is 2.12. The van der Waals surface area contributed by atoms with E-state index in [9.17, 15) is 5.11 Å². The van der Waals surface area contributed by atoms with Crippen LogP contribution in [0.4, 0.5) is 0 Å². The summed E-state index contributed by atoms with van der Waals surface area (Å²) in [5.41, 5.74) is 0. The molecule has 86 valence electrons. The van der Waals surface area contributed by atoms with Gasteiger partial charge in [-0.1, -0.05) is 32.6 Å². The monoisotopic (exact) mass is 201 g/mol. The van der Waals surface area contributed by atoms with Crippen LogP contribution in [-0.4, -0.2) is 23.3 Å². The summed E-state index contributed by atoms with van der Waals surface area (Å²) in [6, 6.07) is 0.729. The SMILES string of the molecule is CCCCCCC(C)NC(C)C(C)O. The minimum absolute atomic E-state index is 0.205. The van der Waals surface area contributed by atoms with Gasteiger partial charge in [-0.25, -0.2) is 0 Å². The third-order valence-electron chi connectivity index (χ3n) is 2.76. The number of hydrogen-bond donors (Lipinski definition) is 2. The van der Waals surface area contributed by atoms with E-state index >= 15 is 0 Å². The Hall–Kier alpha value is -0.0800.